The zero-order chi connectivity index (χ0) is 12.1. The van der Waals surface area contributed by atoms with E-state index < -0.39 is 0 Å². The topological polar surface area (TPSA) is 20.5 Å². The first-order valence-corrected chi connectivity index (χ1v) is 7.36. The standard InChI is InChI=1S/C12H18ClN3S/c1-15(6-4-2-3-5-13)9-11-10-16-7-8-17-12(16)14-11/h7-8,10H,2-6,9H2,1H3. The Morgan fingerprint density at radius 1 is 1.41 bits per heavy atom. The Balaban J connectivity index is 1.78. The monoisotopic (exact) mass is 271 g/mol. The molecule has 2 rings (SSSR count). The second kappa shape index (κ2) is 6.38. The lowest BCUT2D eigenvalue weighted by atomic mass is 10.2. The SMILES string of the molecule is CN(CCCCCCl)Cc1cn2ccsc2n1. The van der Waals surface area contributed by atoms with E-state index in [1.54, 1.807) is 11.3 Å². The average Bonchev–Trinajstić information content (AvgIpc) is 2.84. The van der Waals surface area contributed by atoms with Gasteiger partial charge in [0.25, 0.3) is 0 Å². The van der Waals surface area contributed by atoms with Crippen molar-refractivity contribution in [2.75, 3.05) is 19.5 Å². The van der Waals surface area contributed by atoms with Gasteiger partial charge in [-0.2, -0.15) is 0 Å². The van der Waals surface area contributed by atoms with Crippen LogP contribution in [0.25, 0.3) is 4.96 Å². The van der Waals surface area contributed by atoms with E-state index in [0.29, 0.717) is 0 Å². The Bertz CT molecular complexity index is 423. The van der Waals surface area contributed by atoms with Crippen molar-refractivity contribution < 1.29 is 0 Å². The van der Waals surface area contributed by atoms with Crippen molar-refractivity contribution in [3.63, 3.8) is 0 Å². The number of hydrogen-bond donors (Lipinski definition) is 0. The molecule has 0 radical (unpaired) electrons. The molecule has 2 aromatic heterocycles. The van der Waals surface area contributed by atoms with Crippen molar-refractivity contribution in [2.24, 2.45) is 0 Å². The van der Waals surface area contributed by atoms with Crippen LogP contribution in [0.5, 0.6) is 0 Å². The van der Waals surface area contributed by atoms with Crippen molar-refractivity contribution in [1.29, 1.82) is 0 Å². The maximum absolute atomic E-state index is 5.65. The first-order chi connectivity index (χ1) is 8.29. The molecule has 0 spiro atoms. The van der Waals surface area contributed by atoms with Gasteiger partial charge in [0.2, 0.25) is 0 Å². The molecule has 0 aliphatic rings. The molecule has 0 bridgehead atoms. The summed E-state index contributed by atoms with van der Waals surface area (Å²) >= 11 is 7.33. The van der Waals surface area contributed by atoms with Crippen LogP contribution in [0.3, 0.4) is 0 Å². The third-order valence-corrected chi connectivity index (χ3v) is 3.79. The van der Waals surface area contributed by atoms with Crippen LogP contribution in [0.2, 0.25) is 0 Å². The lowest BCUT2D eigenvalue weighted by Gasteiger charge is -2.14. The number of unbranched alkanes of at least 4 members (excludes halogenated alkanes) is 2. The van der Waals surface area contributed by atoms with E-state index in [4.69, 9.17) is 11.6 Å². The van der Waals surface area contributed by atoms with E-state index in [9.17, 15) is 0 Å². The number of fused-ring (bicyclic) bond motifs is 1. The molecule has 0 aliphatic heterocycles. The highest BCUT2D eigenvalue weighted by molar-refractivity contribution is 7.15. The van der Waals surface area contributed by atoms with Crippen LogP contribution in [0.15, 0.2) is 17.8 Å². The van der Waals surface area contributed by atoms with Gasteiger partial charge in [0.15, 0.2) is 4.96 Å². The third-order valence-electron chi connectivity index (χ3n) is 2.75. The van der Waals surface area contributed by atoms with Gasteiger partial charge < -0.3 is 4.90 Å². The molecule has 0 saturated carbocycles. The second-order valence-corrected chi connectivity index (χ2v) is 5.56. The number of rotatable bonds is 7. The zero-order valence-corrected chi connectivity index (χ0v) is 11.7. The second-order valence-electron chi connectivity index (χ2n) is 4.31. The van der Waals surface area contributed by atoms with Gasteiger partial charge in [-0.1, -0.05) is 6.42 Å². The fourth-order valence-corrected chi connectivity index (χ4v) is 2.77. The fourth-order valence-electron chi connectivity index (χ4n) is 1.86. The smallest absolute Gasteiger partial charge is 0.193 e. The van der Waals surface area contributed by atoms with Gasteiger partial charge in [-0.15, -0.1) is 22.9 Å². The first-order valence-electron chi connectivity index (χ1n) is 5.95. The normalized spacial score (nSPS) is 11.7. The molecule has 0 amide bonds. The highest BCUT2D eigenvalue weighted by Gasteiger charge is 2.05. The highest BCUT2D eigenvalue weighted by atomic mass is 35.5. The van der Waals surface area contributed by atoms with E-state index in [-0.39, 0.29) is 0 Å². The van der Waals surface area contributed by atoms with Crippen LogP contribution in [0, 0.1) is 0 Å². The van der Waals surface area contributed by atoms with Gasteiger partial charge >= 0.3 is 0 Å². The van der Waals surface area contributed by atoms with Gasteiger partial charge in [0.1, 0.15) is 0 Å². The number of hydrogen-bond acceptors (Lipinski definition) is 3. The van der Waals surface area contributed by atoms with Gasteiger partial charge in [-0.25, -0.2) is 4.98 Å². The zero-order valence-electron chi connectivity index (χ0n) is 10.1. The predicted molar refractivity (Wildman–Crippen MR) is 74.0 cm³/mol. The van der Waals surface area contributed by atoms with Crippen LogP contribution in [-0.4, -0.2) is 33.8 Å². The maximum Gasteiger partial charge on any atom is 0.193 e. The number of halogens is 1. The van der Waals surface area contributed by atoms with Crippen LogP contribution in [-0.2, 0) is 6.54 Å². The summed E-state index contributed by atoms with van der Waals surface area (Å²) in [6.07, 6.45) is 7.71. The molecule has 2 heterocycles. The van der Waals surface area contributed by atoms with Crippen molar-refractivity contribution in [1.82, 2.24) is 14.3 Å². The van der Waals surface area contributed by atoms with E-state index in [1.165, 1.54) is 12.8 Å². The Morgan fingerprint density at radius 3 is 3.06 bits per heavy atom. The number of aromatic nitrogens is 2. The Morgan fingerprint density at radius 2 is 2.29 bits per heavy atom. The summed E-state index contributed by atoms with van der Waals surface area (Å²) in [6.45, 7) is 2.04. The molecule has 3 nitrogen and oxygen atoms in total. The van der Waals surface area contributed by atoms with E-state index in [0.717, 1.165) is 36.0 Å². The van der Waals surface area contributed by atoms with Gasteiger partial charge in [0, 0.05) is 30.2 Å². The Kier molecular flexibility index (Phi) is 4.83. The van der Waals surface area contributed by atoms with Crippen molar-refractivity contribution >= 4 is 27.9 Å². The molecular formula is C12H18ClN3S. The molecule has 0 unspecified atom stereocenters. The number of alkyl halides is 1. The van der Waals surface area contributed by atoms with E-state index in [1.807, 2.05) is 0 Å². The average molecular weight is 272 g/mol. The molecule has 2 aromatic rings. The molecule has 0 N–H and O–H groups in total. The van der Waals surface area contributed by atoms with Crippen LogP contribution in [0.4, 0.5) is 0 Å². The molecule has 94 valence electrons. The Hall–Kier alpha value is -0.580. The number of thiazole rings is 1. The molecule has 0 fully saturated rings. The molecule has 0 aliphatic carbocycles. The minimum absolute atomic E-state index is 0.779. The molecule has 5 heteroatoms. The van der Waals surface area contributed by atoms with Gasteiger partial charge in [0.05, 0.1) is 5.69 Å². The molecule has 0 aromatic carbocycles. The number of nitrogens with zero attached hydrogens (tertiary/aromatic N) is 3. The van der Waals surface area contributed by atoms with Crippen LogP contribution >= 0.6 is 22.9 Å². The summed E-state index contributed by atoms with van der Waals surface area (Å²) in [7, 11) is 2.15. The van der Waals surface area contributed by atoms with Crippen molar-refractivity contribution in [2.45, 2.75) is 25.8 Å². The lowest BCUT2D eigenvalue weighted by Crippen LogP contribution is -2.19. The molecule has 17 heavy (non-hydrogen) atoms. The van der Waals surface area contributed by atoms with Gasteiger partial charge in [-0.3, -0.25) is 4.40 Å². The Labute approximate surface area is 111 Å². The summed E-state index contributed by atoms with van der Waals surface area (Å²) in [5.74, 6) is 0.779. The minimum Gasteiger partial charge on any atom is -0.300 e. The lowest BCUT2D eigenvalue weighted by molar-refractivity contribution is 0.315. The van der Waals surface area contributed by atoms with Crippen molar-refractivity contribution in [3.8, 4) is 0 Å². The highest BCUT2D eigenvalue weighted by Crippen LogP contribution is 2.12. The fraction of sp³-hybridized carbons (Fsp3) is 0.583. The van der Waals surface area contributed by atoms with Gasteiger partial charge in [-0.05, 0) is 26.4 Å². The van der Waals surface area contributed by atoms with Crippen LogP contribution < -0.4 is 0 Å². The maximum atomic E-state index is 5.65. The van der Waals surface area contributed by atoms with E-state index >= 15 is 0 Å². The summed E-state index contributed by atoms with van der Waals surface area (Å²) in [4.78, 5) is 7.98. The summed E-state index contributed by atoms with van der Waals surface area (Å²) in [5, 5.41) is 2.06. The molecule has 0 saturated heterocycles. The molecule has 0 atom stereocenters. The van der Waals surface area contributed by atoms with Crippen LogP contribution in [0.1, 0.15) is 25.0 Å². The molecular weight excluding hydrogens is 254 g/mol. The largest absolute Gasteiger partial charge is 0.300 e. The van der Waals surface area contributed by atoms with E-state index in [2.05, 4.69) is 39.1 Å². The minimum atomic E-state index is 0.779. The quantitative estimate of drug-likeness (QED) is 0.569. The predicted octanol–water partition coefficient (Wildman–Crippen LogP) is 3.24. The number of imidazole rings is 1. The summed E-state index contributed by atoms with van der Waals surface area (Å²) in [5.41, 5.74) is 1.15. The third kappa shape index (κ3) is 3.69. The first kappa shape index (κ1) is 12.9. The summed E-state index contributed by atoms with van der Waals surface area (Å²) in [6, 6.07) is 0. The summed E-state index contributed by atoms with van der Waals surface area (Å²) < 4.78 is 2.08. The van der Waals surface area contributed by atoms with Crippen molar-refractivity contribution in [3.05, 3.63) is 23.5 Å².